The van der Waals surface area contributed by atoms with E-state index in [1.165, 1.54) is 7.11 Å². The maximum absolute atomic E-state index is 12.4. The van der Waals surface area contributed by atoms with Crippen LogP contribution in [0.25, 0.3) is 0 Å². The number of rotatable bonds is 4. The number of ether oxygens (including phenoxy) is 1. The molecule has 1 aromatic heterocycles. The summed E-state index contributed by atoms with van der Waals surface area (Å²) >= 11 is 6.07. The van der Waals surface area contributed by atoms with E-state index in [0.717, 1.165) is 17.1 Å². The van der Waals surface area contributed by atoms with Crippen molar-refractivity contribution in [3.8, 4) is 5.75 Å². The van der Waals surface area contributed by atoms with Gasteiger partial charge in [-0.15, -0.1) is 0 Å². The van der Waals surface area contributed by atoms with Gasteiger partial charge in [0, 0.05) is 11.6 Å². The fraction of sp³-hybridized carbons (Fsp3) is 0.111. The summed E-state index contributed by atoms with van der Waals surface area (Å²) in [4.78, 5) is 12.4. The van der Waals surface area contributed by atoms with Gasteiger partial charge in [0.1, 0.15) is 11.9 Å². The summed E-state index contributed by atoms with van der Waals surface area (Å²) in [6.07, 6.45) is -0.138. The van der Waals surface area contributed by atoms with Crippen LogP contribution in [-0.2, 0) is 0 Å². The van der Waals surface area contributed by atoms with Gasteiger partial charge in [-0.2, -0.15) is 5.10 Å². The number of H-pyrrole nitrogens is 1. The third-order valence-electron chi connectivity index (χ3n) is 4.09. The van der Waals surface area contributed by atoms with E-state index >= 15 is 0 Å². The second-order valence-electron chi connectivity index (χ2n) is 5.78. The van der Waals surface area contributed by atoms with E-state index in [1.54, 1.807) is 24.3 Å². The van der Waals surface area contributed by atoms with Crippen LogP contribution in [0.2, 0.25) is 5.02 Å². The number of methoxy groups -OCH3 is 1. The molecule has 0 saturated heterocycles. The normalized spacial score (nSPS) is 12.8. The highest BCUT2D eigenvalue weighted by molar-refractivity contribution is 6.32. The lowest BCUT2D eigenvalue weighted by molar-refractivity contribution is 0.102. The van der Waals surface area contributed by atoms with Gasteiger partial charge in [0.2, 0.25) is 0 Å². The molecule has 0 spiro atoms. The highest BCUT2D eigenvalue weighted by atomic mass is 35.5. The number of amides is 1. The molecule has 7 nitrogen and oxygen atoms in total. The van der Waals surface area contributed by atoms with E-state index in [-0.39, 0.29) is 12.1 Å². The molecule has 0 aliphatic carbocycles. The van der Waals surface area contributed by atoms with Crippen molar-refractivity contribution in [1.29, 1.82) is 0 Å². The number of hydrogen-bond acceptors (Lipinski definition) is 5. The van der Waals surface area contributed by atoms with Crippen LogP contribution in [0.15, 0.2) is 48.5 Å². The van der Waals surface area contributed by atoms with E-state index in [4.69, 9.17) is 16.3 Å². The predicted octanol–water partition coefficient (Wildman–Crippen LogP) is 3.86. The molecule has 3 aromatic rings. The highest BCUT2D eigenvalue weighted by Gasteiger charge is 2.22. The van der Waals surface area contributed by atoms with Gasteiger partial charge in [0.05, 0.1) is 29.2 Å². The number of anilines is 3. The third-order valence-corrected chi connectivity index (χ3v) is 4.39. The summed E-state index contributed by atoms with van der Waals surface area (Å²) in [6, 6.07) is 14.5. The van der Waals surface area contributed by atoms with Crippen LogP contribution in [0.3, 0.4) is 0 Å². The van der Waals surface area contributed by atoms with E-state index < -0.39 is 0 Å². The van der Waals surface area contributed by atoms with Crippen molar-refractivity contribution in [2.45, 2.75) is 6.17 Å². The van der Waals surface area contributed by atoms with E-state index in [2.05, 4.69) is 26.1 Å². The summed E-state index contributed by atoms with van der Waals surface area (Å²) in [6.45, 7) is 0. The number of halogens is 1. The zero-order valence-electron chi connectivity index (χ0n) is 13.8. The van der Waals surface area contributed by atoms with Crippen molar-refractivity contribution < 1.29 is 9.53 Å². The molecule has 0 bridgehead atoms. The molecule has 132 valence electrons. The maximum atomic E-state index is 12.4. The van der Waals surface area contributed by atoms with Crippen LogP contribution in [0.5, 0.6) is 5.75 Å². The highest BCUT2D eigenvalue weighted by Crippen LogP contribution is 2.34. The zero-order valence-corrected chi connectivity index (χ0v) is 14.6. The smallest absolute Gasteiger partial charge is 0.256 e. The summed E-state index contributed by atoms with van der Waals surface area (Å²) < 4.78 is 5.09. The number of nitrogens with zero attached hydrogens (tertiary/aromatic N) is 1. The molecular formula is C18H16ClN5O2. The maximum Gasteiger partial charge on any atom is 0.256 e. The quantitative estimate of drug-likeness (QED) is 0.560. The first-order valence-corrected chi connectivity index (χ1v) is 8.34. The van der Waals surface area contributed by atoms with Crippen LogP contribution in [0, 0.1) is 0 Å². The largest absolute Gasteiger partial charge is 0.495 e. The number of nitrogens with one attached hydrogen (secondary N) is 4. The number of hydrogen-bond donors (Lipinski definition) is 4. The molecule has 1 amide bonds. The molecule has 26 heavy (non-hydrogen) atoms. The van der Waals surface area contributed by atoms with Gasteiger partial charge >= 0.3 is 0 Å². The molecule has 8 heteroatoms. The minimum Gasteiger partial charge on any atom is -0.495 e. The zero-order chi connectivity index (χ0) is 18.1. The molecule has 1 aliphatic heterocycles. The van der Waals surface area contributed by atoms with Crippen LogP contribution in [0.4, 0.5) is 17.2 Å². The molecule has 0 fully saturated rings. The Morgan fingerprint density at radius 3 is 2.54 bits per heavy atom. The van der Waals surface area contributed by atoms with Gasteiger partial charge in [0.15, 0.2) is 5.82 Å². The molecule has 0 saturated carbocycles. The Kier molecular flexibility index (Phi) is 4.14. The standard InChI is InChI=1S/C18H16ClN5O2/c1-26-15-7-6-10(8-11(15)19)18(25)22-16-9-14(23-24-16)17-20-12-4-2-3-5-13(12)21-17/h2-9,17,20-21H,1H3,(H2,22,23,24,25). The third kappa shape index (κ3) is 3.04. The minimum absolute atomic E-state index is 0.138. The van der Waals surface area contributed by atoms with Gasteiger partial charge in [-0.05, 0) is 30.3 Å². The van der Waals surface area contributed by atoms with E-state index in [0.29, 0.717) is 22.2 Å². The number of carbonyl (C=O) groups excluding carboxylic acids is 1. The van der Waals surface area contributed by atoms with Crippen molar-refractivity contribution in [3.05, 3.63) is 64.8 Å². The van der Waals surface area contributed by atoms with Crippen molar-refractivity contribution >= 4 is 34.7 Å². The predicted molar refractivity (Wildman–Crippen MR) is 101 cm³/mol. The van der Waals surface area contributed by atoms with Gasteiger partial charge in [-0.3, -0.25) is 9.89 Å². The molecule has 4 rings (SSSR count). The van der Waals surface area contributed by atoms with Gasteiger partial charge < -0.3 is 20.7 Å². The number of benzene rings is 2. The van der Waals surface area contributed by atoms with Crippen molar-refractivity contribution in [2.75, 3.05) is 23.1 Å². The van der Waals surface area contributed by atoms with Crippen LogP contribution in [0.1, 0.15) is 22.2 Å². The van der Waals surface area contributed by atoms with Crippen molar-refractivity contribution in [2.24, 2.45) is 0 Å². The SMILES string of the molecule is COc1ccc(C(=O)Nc2cc(C3Nc4ccccc4N3)[nH]n2)cc1Cl. The summed E-state index contributed by atoms with van der Waals surface area (Å²) in [5, 5.41) is 16.9. The number of fused-ring (bicyclic) bond motifs is 1. The van der Waals surface area contributed by atoms with Gasteiger partial charge in [-0.1, -0.05) is 23.7 Å². The fourth-order valence-electron chi connectivity index (χ4n) is 2.78. The minimum atomic E-state index is -0.303. The first-order chi connectivity index (χ1) is 12.6. The summed E-state index contributed by atoms with van der Waals surface area (Å²) in [7, 11) is 1.52. The molecular weight excluding hydrogens is 354 g/mol. The Hall–Kier alpha value is -3.19. The van der Waals surface area contributed by atoms with E-state index in [9.17, 15) is 4.79 Å². The van der Waals surface area contributed by atoms with Crippen molar-refractivity contribution in [1.82, 2.24) is 10.2 Å². The van der Waals surface area contributed by atoms with Crippen molar-refractivity contribution in [3.63, 3.8) is 0 Å². The molecule has 1 aliphatic rings. The Balaban J connectivity index is 1.46. The molecule has 0 atom stereocenters. The molecule has 2 aromatic carbocycles. The van der Waals surface area contributed by atoms with Crippen LogP contribution >= 0.6 is 11.6 Å². The fourth-order valence-corrected chi connectivity index (χ4v) is 3.04. The Morgan fingerprint density at radius 2 is 1.88 bits per heavy atom. The number of aromatic nitrogens is 2. The van der Waals surface area contributed by atoms with Gasteiger partial charge in [0.25, 0.3) is 5.91 Å². The topological polar surface area (TPSA) is 91.1 Å². The van der Waals surface area contributed by atoms with Crippen LogP contribution in [-0.4, -0.2) is 23.2 Å². The number of para-hydroxylation sites is 2. The molecule has 4 N–H and O–H groups in total. The monoisotopic (exact) mass is 369 g/mol. The van der Waals surface area contributed by atoms with Gasteiger partial charge in [-0.25, -0.2) is 0 Å². The first-order valence-electron chi connectivity index (χ1n) is 7.96. The molecule has 0 unspecified atom stereocenters. The summed E-state index contributed by atoms with van der Waals surface area (Å²) in [5.41, 5.74) is 3.27. The second kappa shape index (κ2) is 6.61. The lowest BCUT2D eigenvalue weighted by Crippen LogP contribution is -2.13. The molecule has 0 radical (unpaired) electrons. The second-order valence-corrected chi connectivity index (χ2v) is 6.19. The lowest BCUT2D eigenvalue weighted by atomic mass is 10.2. The Bertz CT molecular complexity index is 947. The Morgan fingerprint density at radius 1 is 1.15 bits per heavy atom. The van der Waals surface area contributed by atoms with Crippen LogP contribution < -0.4 is 20.7 Å². The summed E-state index contributed by atoms with van der Waals surface area (Å²) in [5.74, 6) is 0.642. The number of aromatic amines is 1. The Labute approximate surface area is 154 Å². The number of carbonyl (C=O) groups is 1. The first kappa shape index (κ1) is 16.3. The average molecular weight is 370 g/mol. The lowest BCUT2D eigenvalue weighted by Gasteiger charge is -2.09. The average Bonchev–Trinajstić information content (AvgIpc) is 3.28. The molecule has 2 heterocycles. The van der Waals surface area contributed by atoms with E-state index in [1.807, 2.05) is 24.3 Å².